The Morgan fingerprint density at radius 3 is 2.35 bits per heavy atom. The SMILES string of the molecule is CC(C)CCNC(C)(C)CCc1ccccc1. The lowest BCUT2D eigenvalue weighted by molar-refractivity contribution is 0.350. The van der Waals surface area contributed by atoms with Gasteiger partial charge in [-0.1, -0.05) is 44.2 Å². The maximum Gasteiger partial charge on any atom is 0.0128 e. The minimum atomic E-state index is 0.241. The molecule has 0 aliphatic carbocycles. The van der Waals surface area contributed by atoms with E-state index in [0.717, 1.165) is 18.9 Å². The normalized spacial score (nSPS) is 12.1. The van der Waals surface area contributed by atoms with Crippen molar-refractivity contribution < 1.29 is 0 Å². The van der Waals surface area contributed by atoms with Gasteiger partial charge in [0.05, 0.1) is 0 Å². The number of rotatable bonds is 7. The van der Waals surface area contributed by atoms with Crippen LogP contribution in [0.3, 0.4) is 0 Å². The Bertz CT molecular complexity index is 301. The van der Waals surface area contributed by atoms with Crippen molar-refractivity contribution in [1.29, 1.82) is 0 Å². The fourth-order valence-electron chi connectivity index (χ4n) is 1.89. The molecular weight excluding hydrogens is 206 g/mol. The lowest BCUT2D eigenvalue weighted by Crippen LogP contribution is -2.40. The van der Waals surface area contributed by atoms with E-state index >= 15 is 0 Å². The van der Waals surface area contributed by atoms with Gasteiger partial charge in [-0.25, -0.2) is 0 Å². The molecule has 0 amide bonds. The second kappa shape index (κ2) is 6.80. The van der Waals surface area contributed by atoms with Gasteiger partial charge in [-0.2, -0.15) is 0 Å². The Labute approximate surface area is 107 Å². The summed E-state index contributed by atoms with van der Waals surface area (Å²) in [6.45, 7) is 10.3. The molecule has 0 saturated carbocycles. The molecule has 0 saturated heterocycles. The highest BCUT2D eigenvalue weighted by molar-refractivity contribution is 5.15. The van der Waals surface area contributed by atoms with Gasteiger partial charge in [0.15, 0.2) is 0 Å². The van der Waals surface area contributed by atoms with Crippen LogP contribution in [0.4, 0.5) is 0 Å². The molecule has 0 aliphatic rings. The molecule has 1 N–H and O–H groups in total. The van der Waals surface area contributed by atoms with Gasteiger partial charge in [-0.15, -0.1) is 0 Å². The maximum absolute atomic E-state index is 3.66. The average Bonchev–Trinajstić information content (AvgIpc) is 2.27. The quantitative estimate of drug-likeness (QED) is 0.749. The van der Waals surface area contributed by atoms with Gasteiger partial charge in [0.1, 0.15) is 0 Å². The molecule has 1 rings (SSSR count). The van der Waals surface area contributed by atoms with Crippen molar-refractivity contribution in [3.05, 3.63) is 35.9 Å². The molecule has 96 valence electrons. The third-order valence-corrected chi connectivity index (χ3v) is 3.21. The van der Waals surface area contributed by atoms with Crippen molar-refractivity contribution in [3.63, 3.8) is 0 Å². The summed E-state index contributed by atoms with van der Waals surface area (Å²) < 4.78 is 0. The van der Waals surface area contributed by atoms with E-state index in [4.69, 9.17) is 0 Å². The lowest BCUT2D eigenvalue weighted by atomic mass is 9.95. The molecule has 17 heavy (non-hydrogen) atoms. The fraction of sp³-hybridized carbons (Fsp3) is 0.625. The van der Waals surface area contributed by atoms with Crippen LogP contribution in [0.1, 0.15) is 46.1 Å². The topological polar surface area (TPSA) is 12.0 Å². The molecule has 0 aromatic heterocycles. The van der Waals surface area contributed by atoms with Gasteiger partial charge in [0.25, 0.3) is 0 Å². The third kappa shape index (κ3) is 6.48. The van der Waals surface area contributed by atoms with Crippen LogP contribution < -0.4 is 5.32 Å². The molecule has 0 unspecified atom stereocenters. The molecule has 1 heteroatoms. The fourth-order valence-corrected chi connectivity index (χ4v) is 1.89. The summed E-state index contributed by atoms with van der Waals surface area (Å²) in [5, 5.41) is 3.66. The molecule has 0 fully saturated rings. The molecular formula is C16H27N. The van der Waals surface area contributed by atoms with E-state index in [9.17, 15) is 0 Å². The Morgan fingerprint density at radius 2 is 1.76 bits per heavy atom. The van der Waals surface area contributed by atoms with E-state index in [2.05, 4.69) is 63.3 Å². The molecule has 0 atom stereocenters. The predicted molar refractivity (Wildman–Crippen MR) is 76.3 cm³/mol. The minimum absolute atomic E-state index is 0.241. The summed E-state index contributed by atoms with van der Waals surface area (Å²) in [6, 6.07) is 10.7. The Hall–Kier alpha value is -0.820. The first kappa shape index (κ1) is 14.2. The maximum atomic E-state index is 3.66. The van der Waals surface area contributed by atoms with Crippen LogP contribution in [0.25, 0.3) is 0 Å². The Morgan fingerprint density at radius 1 is 1.12 bits per heavy atom. The van der Waals surface area contributed by atoms with Crippen LogP contribution in [-0.2, 0) is 6.42 Å². The second-order valence-electron chi connectivity index (χ2n) is 5.98. The first-order chi connectivity index (χ1) is 7.99. The standard InChI is InChI=1S/C16H27N/c1-14(2)11-13-17-16(3,4)12-10-15-8-6-5-7-9-15/h5-9,14,17H,10-13H2,1-4H3. The number of nitrogens with one attached hydrogen (secondary N) is 1. The van der Waals surface area contributed by atoms with E-state index < -0.39 is 0 Å². The minimum Gasteiger partial charge on any atom is -0.312 e. The lowest BCUT2D eigenvalue weighted by Gasteiger charge is -2.27. The molecule has 1 aromatic rings. The van der Waals surface area contributed by atoms with Crippen LogP contribution >= 0.6 is 0 Å². The van der Waals surface area contributed by atoms with Crippen LogP contribution in [0.5, 0.6) is 0 Å². The monoisotopic (exact) mass is 233 g/mol. The van der Waals surface area contributed by atoms with Crippen molar-refractivity contribution >= 4 is 0 Å². The van der Waals surface area contributed by atoms with Crippen LogP contribution in [-0.4, -0.2) is 12.1 Å². The van der Waals surface area contributed by atoms with Gasteiger partial charge >= 0.3 is 0 Å². The number of hydrogen-bond donors (Lipinski definition) is 1. The molecule has 0 aliphatic heterocycles. The van der Waals surface area contributed by atoms with Crippen LogP contribution in [0.15, 0.2) is 30.3 Å². The van der Waals surface area contributed by atoms with Gasteiger partial charge < -0.3 is 5.32 Å². The van der Waals surface area contributed by atoms with E-state index in [-0.39, 0.29) is 5.54 Å². The summed E-state index contributed by atoms with van der Waals surface area (Å²) in [5.41, 5.74) is 1.68. The molecule has 1 nitrogen and oxygen atoms in total. The summed E-state index contributed by atoms with van der Waals surface area (Å²) in [4.78, 5) is 0. The van der Waals surface area contributed by atoms with Crippen LogP contribution in [0, 0.1) is 5.92 Å². The van der Waals surface area contributed by atoms with Gasteiger partial charge in [0, 0.05) is 5.54 Å². The van der Waals surface area contributed by atoms with Crippen molar-refractivity contribution in [2.24, 2.45) is 5.92 Å². The van der Waals surface area contributed by atoms with E-state index in [1.807, 2.05) is 0 Å². The number of benzene rings is 1. The second-order valence-corrected chi connectivity index (χ2v) is 5.98. The molecule has 0 bridgehead atoms. The zero-order valence-corrected chi connectivity index (χ0v) is 11.8. The van der Waals surface area contributed by atoms with E-state index in [1.165, 1.54) is 18.4 Å². The Kier molecular flexibility index (Phi) is 5.70. The van der Waals surface area contributed by atoms with Gasteiger partial charge in [-0.05, 0) is 51.1 Å². The summed E-state index contributed by atoms with van der Waals surface area (Å²) in [7, 11) is 0. The Balaban J connectivity index is 2.29. The van der Waals surface area contributed by atoms with Crippen LogP contribution in [0.2, 0.25) is 0 Å². The predicted octanol–water partition coefficient (Wildman–Crippen LogP) is 4.03. The largest absolute Gasteiger partial charge is 0.312 e. The summed E-state index contributed by atoms with van der Waals surface area (Å²) in [6.07, 6.45) is 3.60. The highest BCUT2D eigenvalue weighted by Crippen LogP contribution is 2.14. The zero-order chi connectivity index (χ0) is 12.7. The first-order valence-corrected chi connectivity index (χ1v) is 6.78. The van der Waals surface area contributed by atoms with Crippen molar-refractivity contribution in [1.82, 2.24) is 5.32 Å². The van der Waals surface area contributed by atoms with Crippen molar-refractivity contribution in [2.45, 2.75) is 52.5 Å². The smallest absolute Gasteiger partial charge is 0.0128 e. The third-order valence-electron chi connectivity index (χ3n) is 3.21. The molecule has 1 aromatic carbocycles. The summed E-state index contributed by atoms with van der Waals surface area (Å²) in [5.74, 6) is 0.785. The highest BCUT2D eigenvalue weighted by atomic mass is 14.9. The highest BCUT2D eigenvalue weighted by Gasteiger charge is 2.16. The average molecular weight is 233 g/mol. The zero-order valence-electron chi connectivity index (χ0n) is 11.8. The van der Waals surface area contributed by atoms with E-state index in [0.29, 0.717) is 0 Å². The molecule has 0 heterocycles. The van der Waals surface area contributed by atoms with Gasteiger partial charge in [0.2, 0.25) is 0 Å². The number of aryl methyl sites for hydroxylation is 1. The first-order valence-electron chi connectivity index (χ1n) is 6.78. The van der Waals surface area contributed by atoms with E-state index in [1.54, 1.807) is 0 Å². The van der Waals surface area contributed by atoms with Crippen molar-refractivity contribution in [3.8, 4) is 0 Å². The number of hydrogen-bond acceptors (Lipinski definition) is 1. The van der Waals surface area contributed by atoms with Gasteiger partial charge in [-0.3, -0.25) is 0 Å². The summed E-state index contributed by atoms with van der Waals surface area (Å²) >= 11 is 0. The molecule has 0 radical (unpaired) electrons. The molecule has 0 spiro atoms. The van der Waals surface area contributed by atoms with Crippen molar-refractivity contribution in [2.75, 3.05) is 6.54 Å².